The molecule has 0 aliphatic rings. The number of carbonyl (C=O) groups excluding carboxylic acids is 2. The van der Waals surface area contributed by atoms with E-state index in [0.717, 1.165) is 11.8 Å². The van der Waals surface area contributed by atoms with Crippen LogP contribution in [0.2, 0.25) is 0 Å². The molecule has 0 spiro atoms. The van der Waals surface area contributed by atoms with Gasteiger partial charge in [0.1, 0.15) is 12.1 Å². The van der Waals surface area contributed by atoms with Gasteiger partial charge in [0.25, 0.3) is 5.91 Å². The fraction of sp³-hybridized carbons (Fsp3) is 0.385. The Balaban J connectivity index is 2.71. The number of amides is 1. The Morgan fingerprint density at radius 3 is 2.86 bits per heavy atom. The predicted octanol–water partition coefficient (Wildman–Crippen LogP) is 0.171. The monoisotopic (exact) mass is 309 g/mol. The first-order valence-corrected chi connectivity index (χ1v) is 6.92. The van der Waals surface area contributed by atoms with Gasteiger partial charge in [0.2, 0.25) is 0 Å². The average Bonchev–Trinajstić information content (AvgIpc) is 2.49. The van der Waals surface area contributed by atoms with Gasteiger partial charge in [-0.15, -0.1) is 0 Å². The molecule has 114 valence electrons. The van der Waals surface area contributed by atoms with Gasteiger partial charge in [0.15, 0.2) is 0 Å². The molecule has 0 unspecified atom stereocenters. The van der Waals surface area contributed by atoms with Crippen molar-refractivity contribution < 1.29 is 9.59 Å². The standard InChI is InChI=1S/C13H19N5O2S/c1-9-5-10(6-15-12(9)18-16-8-21)13(20)17-11(7-19)3-4-14-2/h5-8,11,14H,3-4H2,1-2H3,(H,15,18)(H,16,21)(H,17,20)/t11-/m1/s1. The number of hydrogen-bond acceptors (Lipinski definition) is 6. The molecule has 1 aromatic rings. The summed E-state index contributed by atoms with van der Waals surface area (Å²) in [5.74, 6) is 0.253. The number of nitrogens with zero attached hydrogens (tertiary/aromatic N) is 1. The second-order valence-corrected chi connectivity index (χ2v) is 4.62. The molecule has 0 fully saturated rings. The van der Waals surface area contributed by atoms with Gasteiger partial charge in [-0.3, -0.25) is 15.6 Å². The van der Waals surface area contributed by atoms with Crippen LogP contribution in [0.1, 0.15) is 22.3 Å². The Hall–Kier alpha value is -2.06. The van der Waals surface area contributed by atoms with Crippen LogP contribution in [0.3, 0.4) is 0 Å². The highest BCUT2D eigenvalue weighted by atomic mass is 32.1. The average molecular weight is 309 g/mol. The number of aromatic nitrogens is 1. The molecule has 1 atom stereocenters. The van der Waals surface area contributed by atoms with Gasteiger partial charge in [-0.05, 0) is 38.6 Å². The van der Waals surface area contributed by atoms with Gasteiger partial charge >= 0.3 is 0 Å². The van der Waals surface area contributed by atoms with Crippen molar-refractivity contribution in [2.75, 3.05) is 19.0 Å². The molecule has 0 radical (unpaired) electrons. The topological polar surface area (TPSA) is 95.2 Å². The zero-order valence-corrected chi connectivity index (χ0v) is 12.8. The van der Waals surface area contributed by atoms with Crippen LogP contribution in [0.5, 0.6) is 0 Å². The van der Waals surface area contributed by atoms with Gasteiger partial charge in [-0.25, -0.2) is 4.98 Å². The van der Waals surface area contributed by atoms with Crippen molar-refractivity contribution in [2.24, 2.45) is 0 Å². The highest BCUT2D eigenvalue weighted by Crippen LogP contribution is 2.12. The van der Waals surface area contributed by atoms with E-state index in [-0.39, 0.29) is 5.91 Å². The van der Waals surface area contributed by atoms with Crippen LogP contribution in [0, 0.1) is 6.92 Å². The Kier molecular flexibility index (Phi) is 7.27. The maximum absolute atomic E-state index is 12.1. The Bertz CT molecular complexity index is 509. The van der Waals surface area contributed by atoms with Crippen LogP contribution in [0.25, 0.3) is 0 Å². The number of nitrogens with one attached hydrogen (secondary N) is 4. The van der Waals surface area contributed by atoms with Gasteiger partial charge in [0.05, 0.1) is 17.1 Å². The third-order valence-corrected chi connectivity index (χ3v) is 2.89. The zero-order valence-electron chi connectivity index (χ0n) is 12.0. The van der Waals surface area contributed by atoms with E-state index in [9.17, 15) is 9.59 Å². The van der Waals surface area contributed by atoms with Crippen LogP contribution >= 0.6 is 12.2 Å². The second-order valence-electron chi connectivity index (χ2n) is 4.38. The first-order valence-electron chi connectivity index (χ1n) is 6.45. The van der Waals surface area contributed by atoms with Crippen molar-refractivity contribution in [3.63, 3.8) is 0 Å². The van der Waals surface area contributed by atoms with E-state index in [4.69, 9.17) is 0 Å². The number of anilines is 1. The van der Waals surface area contributed by atoms with Crippen LogP contribution < -0.4 is 21.5 Å². The number of aldehydes is 1. The summed E-state index contributed by atoms with van der Waals surface area (Å²) in [4.78, 5) is 27.1. The summed E-state index contributed by atoms with van der Waals surface area (Å²) in [5, 5.41) is 5.59. The van der Waals surface area contributed by atoms with E-state index < -0.39 is 6.04 Å². The lowest BCUT2D eigenvalue weighted by Crippen LogP contribution is -2.38. The molecular weight excluding hydrogens is 290 g/mol. The number of carbonyl (C=O) groups is 2. The minimum Gasteiger partial charge on any atom is -0.342 e. The SMILES string of the molecule is CNCC[C@H](C=O)NC(=O)c1cnc(NNC=S)c(C)c1. The third-order valence-electron chi connectivity index (χ3n) is 2.78. The number of hydrogen-bond donors (Lipinski definition) is 4. The smallest absolute Gasteiger partial charge is 0.253 e. The summed E-state index contributed by atoms with van der Waals surface area (Å²) in [6.45, 7) is 2.46. The van der Waals surface area contributed by atoms with E-state index in [2.05, 4.69) is 38.7 Å². The van der Waals surface area contributed by atoms with Crippen molar-refractivity contribution in [2.45, 2.75) is 19.4 Å². The molecule has 7 nitrogen and oxygen atoms in total. The molecular formula is C13H19N5O2S. The number of hydrazine groups is 1. The Morgan fingerprint density at radius 2 is 2.29 bits per heavy atom. The Labute approximate surface area is 128 Å². The van der Waals surface area contributed by atoms with Crippen LogP contribution in [0.15, 0.2) is 12.3 Å². The second kappa shape index (κ2) is 8.98. The molecule has 0 aliphatic heterocycles. The molecule has 1 rings (SSSR count). The van der Waals surface area contributed by atoms with Gasteiger partial charge in [-0.2, -0.15) is 0 Å². The lowest BCUT2D eigenvalue weighted by molar-refractivity contribution is -0.109. The van der Waals surface area contributed by atoms with E-state index in [1.54, 1.807) is 13.1 Å². The fourth-order valence-electron chi connectivity index (χ4n) is 1.65. The maximum Gasteiger partial charge on any atom is 0.253 e. The first kappa shape index (κ1) is 17.0. The molecule has 0 aromatic carbocycles. The quantitative estimate of drug-likeness (QED) is 0.293. The van der Waals surface area contributed by atoms with Crippen molar-refractivity contribution in [1.82, 2.24) is 21.0 Å². The minimum absolute atomic E-state index is 0.326. The number of aryl methyl sites for hydroxylation is 1. The summed E-state index contributed by atoms with van der Waals surface area (Å²) in [6, 6.07) is 1.18. The van der Waals surface area contributed by atoms with E-state index in [1.165, 1.54) is 11.7 Å². The minimum atomic E-state index is -0.514. The fourth-order valence-corrected chi connectivity index (χ4v) is 1.71. The summed E-state index contributed by atoms with van der Waals surface area (Å²) in [6.07, 6.45) is 2.71. The Morgan fingerprint density at radius 1 is 1.52 bits per heavy atom. The largest absolute Gasteiger partial charge is 0.342 e. The lowest BCUT2D eigenvalue weighted by Gasteiger charge is -2.13. The van der Waals surface area contributed by atoms with Crippen molar-refractivity contribution in [3.8, 4) is 0 Å². The van der Waals surface area contributed by atoms with Crippen LogP contribution in [-0.4, -0.2) is 42.3 Å². The summed E-state index contributed by atoms with van der Waals surface area (Å²) in [5.41, 5.74) is 7.93. The van der Waals surface area contributed by atoms with Crippen LogP contribution in [0.4, 0.5) is 5.82 Å². The van der Waals surface area contributed by atoms with Gasteiger partial charge < -0.3 is 15.4 Å². The van der Waals surface area contributed by atoms with Gasteiger partial charge in [-0.1, -0.05) is 12.2 Å². The van der Waals surface area contributed by atoms with Crippen molar-refractivity contribution >= 4 is 35.7 Å². The number of thiocarbonyl (C=S) groups is 1. The normalized spacial score (nSPS) is 11.3. The van der Waals surface area contributed by atoms with Crippen molar-refractivity contribution in [3.05, 3.63) is 23.4 Å². The number of pyridine rings is 1. The first-order chi connectivity index (χ1) is 10.1. The zero-order chi connectivity index (χ0) is 15.7. The van der Waals surface area contributed by atoms with E-state index >= 15 is 0 Å². The molecule has 0 aliphatic carbocycles. The molecule has 0 saturated carbocycles. The maximum atomic E-state index is 12.1. The predicted molar refractivity (Wildman–Crippen MR) is 85.2 cm³/mol. The molecule has 4 N–H and O–H groups in total. The highest BCUT2D eigenvalue weighted by molar-refractivity contribution is 7.78. The summed E-state index contributed by atoms with van der Waals surface area (Å²) < 4.78 is 0. The third kappa shape index (κ3) is 5.44. The molecule has 8 heteroatoms. The van der Waals surface area contributed by atoms with Crippen LogP contribution in [-0.2, 0) is 4.79 Å². The molecule has 1 heterocycles. The van der Waals surface area contributed by atoms with Gasteiger partial charge in [0, 0.05) is 6.20 Å². The molecule has 21 heavy (non-hydrogen) atoms. The van der Waals surface area contributed by atoms with E-state index in [0.29, 0.717) is 24.3 Å². The molecule has 1 aromatic heterocycles. The molecule has 0 bridgehead atoms. The summed E-state index contributed by atoms with van der Waals surface area (Å²) >= 11 is 4.63. The molecule has 0 saturated heterocycles. The molecule has 1 amide bonds. The number of rotatable bonds is 9. The highest BCUT2D eigenvalue weighted by Gasteiger charge is 2.14. The van der Waals surface area contributed by atoms with E-state index in [1.807, 2.05) is 6.92 Å². The summed E-state index contributed by atoms with van der Waals surface area (Å²) in [7, 11) is 1.79. The van der Waals surface area contributed by atoms with Crippen molar-refractivity contribution in [1.29, 1.82) is 0 Å². The lowest BCUT2D eigenvalue weighted by atomic mass is 10.1.